The maximum absolute atomic E-state index is 12.5. The van der Waals surface area contributed by atoms with Gasteiger partial charge in [-0.2, -0.15) is 0 Å². The molecule has 2 aliphatic carbocycles. The third-order valence-electron chi connectivity index (χ3n) is 9.94. The molecule has 53 heavy (non-hydrogen) atoms. The van der Waals surface area contributed by atoms with E-state index in [0.717, 1.165) is 65.4 Å². The number of aromatic nitrogens is 2. The van der Waals surface area contributed by atoms with Gasteiger partial charge in [0, 0.05) is 45.6 Å². The largest absolute Gasteiger partial charge is 0.493 e. The average molecular weight is 760 g/mol. The molecule has 1 unspecified atom stereocenters. The number of Topliss-reactive ketones (excluding diaryl/α,β-unsaturated/α-hetero) is 1. The summed E-state index contributed by atoms with van der Waals surface area (Å²) in [6, 6.07) is 14.8. The Morgan fingerprint density at radius 2 is 1.64 bits per heavy atom. The zero-order chi connectivity index (χ0) is 37.8. The molecule has 0 bridgehead atoms. The molecule has 1 atom stereocenters. The Balaban J connectivity index is 1.13. The van der Waals surface area contributed by atoms with Crippen LogP contribution in [-0.4, -0.2) is 73.3 Å². The predicted octanol–water partition coefficient (Wildman–Crippen LogP) is 9.85. The number of hydrogen-bond donors (Lipinski definition) is 0. The SMILES string of the molecule is CC(C)(C)OC(=O)N1CCC(COc2ccc(C3=Cc4c(Oc5ccc(CC(=O)CC6CC6)c(Cl)c5)ncnc4C3COCC[Si](C)(C)C)cc2)CC1. The first-order valence-electron chi connectivity index (χ1n) is 19.0. The quantitative estimate of drug-likeness (QED) is 0.112. The molecule has 0 N–H and O–H groups in total. The molecular formula is C42H54ClN3O6Si. The van der Waals surface area contributed by atoms with Crippen molar-refractivity contribution in [3.63, 3.8) is 0 Å². The summed E-state index contributed by atoms with van der Waals surface area (Å²) in [5, 5.41) is 0.510. The number of nitrogens with zero attached hydrogens (tertiary/aromatic N) is 3. The molecule has 3 aliphatic rings. The van der Waals surface area contributed by atoms with E-state index in [-0.39, 0.29) is 17.8 Å². The zero-order valence-corrected chi connectivity index (χ0v) is 33.8. The minimum absolute atomic E-state index is 0.0950. The van der Waals surface area contributed by atoms with E-state index in [4.69, 9.17) is 35.5 Å². The van der Waals surface area contributed by atoms with Gasteiger partial charge < -0.3 is 23.8 Å². The summed E-state index contributed by atoms with van der Waals surface area (Å²) in [6.07, 6.45) is 8.43. The Hall–Kier alpha value is -3.73. The number of carbonyl (C=O) groups is 2. The molecule has 1 saturated heterocycles. The number of ketones is 1. The van der Waals surface area contributed by atoms with Crippen LogP contribution >= 0.6 is 11.6 Å². The highest BCUT2D eigenvalue weighted by molar-refractivity contribution is 6.76. The highest BCUT2D eigenvalue weighted by Gasteiger charge is 2.32. The molecule has 1 amide bonds. The smallest absolute Gasteiger partial charge is 0.410 e. The van der Waals surface area contributed by atoms with Crippen LogP contribution in [0.15, 0.2) is 48.8 Å². The van der Waals surface area contributed by atoms with Crippen molar-refractivity contribution in [1.29, 1.82) is 0 Å². The molecule has 2 aromatic carbocycles. The second-order valence-corrected chi connectivity index (χ2v) is 23.0. The molecule has 1 aromatic heterocycles. The second-order valence-electron chi connectivity index (χ2n) is 17.0. The van der Waals surface area contributed by atoms with Gasteiger partial charge in [-0.3, -0.25) is 4.79 Å². The van der Waals surface area contributed by atoms with Gasteiger partial charge in [-0.25, -0.2) is 14.8 Å². The number of rotatable bonds is 15. The Bertz CT molecular complexity index is 1790. The van der Waals surface area contributed by atoms with Crippen LogP contribution in [-0.2, 0) is 20.7 Å². The summed E-state index contributed by atoms with van der Waals surface area (Å²) >= 11 is 6.63. The van der Waals surface area contributed by atoms with Crippen molar-refractivity contribution in [2.45, 2.75) is 96.5 Å². The van der Waals surface area contributed by atoms with Gasteiger partial charge in [-0.15, -0.1) is 0 Å². The molecular weight excluding hydrogens is 706 g/mol. The number of carbonyl (C=O) groups excluding carboxylic acids is 2. The van der Waals surface area contributed by atoms with Gasteiger partial charge in [0.25, 0.3) is 0 Å². The third-order valence-corrected chi connectivity index (χ3v) is 12.0. The van der Waals surface area contributed by atoms with E-state index in [9.17, 15) is 9.59 Å². The maximum Gasteiger partial charge on any atom is 0.410 e. The van der Waals surface area contributed by atoms with Gasteiger partial charge in [0.05, 0.1) is 30.4 Å². The van der Waals surface area contributed by atoms with E-state index < -0.39 is 13.7 Å². The van der Waals surface area contributed by atoms with E-state index in [1.54, 1.807) is 17.3 Å². The fraction of sp³-hybridized carbons (Fsp3) is 0.524. The molecule has 2 heterocycles. The highest BCUT2D eigenvalue weighted by Crippen LogP contribution is 2.45. The van der Waals surface area contributed by atoms with Crippen molar-refractivity contribution in [2.24, 2.45) is 11.8 Å². The van der Waals surface area contributed by atoms with E-state index in [0.29, 0.717) is 74.2 Å². The van der Waals surface area contributed by atoms with Crippen molar-refractivity contribution in [3.05, 3.63) is 76.2 Å². The summed E-state index contributed by atoms with van der Waals surface area (Å²) in [5.74, 6) is 2.86. The molecule has 284 valence electrons. The standard InChI is InChI=1S/C42H54ClN3O6Si/c1-42(2,3)52-41(48)46-17-15-29(16-18-46)25-50-33-12-9-30(10-13-33)35-24-36-39(37(35)26-49-19-20-53(4,5)6)44-27-45-40(36)51-34-14-11-31(38(43)23-34)22-32(47)21-28-7-8-28/h9-14,23-24,27-29,37H,7-8,15-22,25-26H2,1-6H3. The third kappa shape index (κ3) is 11.1. The Kier molecular flexibility index (Phi) is 12.3. The Morgan fingerprint density at radius 1 is 0.925 bits per heavy atom. The molecule has 3 aromatic rings. The highest BCUT2D eigenvalue weighted by atomic mass is 35.5. The van der Waals surface area contributed by atoms with Gasteiger partial charge in [-0.05, 0) is 111 Å². The zero-order valence-electron chi connectivity index (χ0n) is 32.1. The number of ether oxygens (including phenoxy) is 4. The van der Waals surface area contributed by atoms with Crippen molar-refractivity contribution < 1.29 is 28.5 Å². The summed E-state index contributed by atoms with van der Waals surface area (Å²) in [6.45, 7) is 15.9. The topological polar surface area (TPSA) is 100 Å². The van der Waals surface area contributed by atoms with Crippen LogP contribution in [0.5, 0.6) is 17.4 Å². The second kappa shape index (κ2) is 16.7. The monoisotopic (exact) mass is 759 g/mol. The molecule has 2 fully saturated rings. The first kappa shape index (κ1) is 39.0. The molecule has 0 spiro atoms. The lowest BCUT2D eigenvalue weighted by Crippen LogP contribution is -2.42. The van der Waals surface area contributed by atoms with Gasteiger partial charge >= 0.3 is 6.09 Å². The Morgan fingerprint density at radius 3 is 2.30 bits per heavy atom. The van der Waals surface area contributed by atoms with Gasteiger partial charge in [0.1, 0.15) is 29.2 Å². The molecule has 1 aliphatic heterocycles. The van der Waals surface area contributed by atoms with Crippen LogP contribution in [0.2, 0.25) is 30.7 Å². The van der Waals surface area contributed by atoms with Crippen molar-refractivity contribution >= 4 is 43.2 Å². The molecule has 6 rings (SSSR count). The molecule has 11 heteroatoms. The van der Waals surface area contributed by atoms with Crippen LogP contribution in [0.3, 0.4) is 0 Å². The lowest BCUT2D eigenvalue weighted by molar-refractivity contribution is -0.118. The van der Waals surface area contributed by atoms with Crippen LogP contribution in [0.1, 0.15) is 81.2 Å². The fourth-order valence-corrected chi connectivity index (χ4v) is 7.66. The van der Waals surface area contributed by atoms with Crippen LogP contribution in [0, 0.1) is 11.8 Å². The normalized spacial score (nSPS) is 17.7. The van der Waals surface area contributed by atoms with E-state index in [1.165, 1.54) is 0 Å². The van der Waals surface area contributed by atoms with Crippen LogP contribution in [0.4, 0.5) is 4.79 Å². The number of halogens is 1. The molecule has 0 radical (unpaired) electrons. The summed E-state index contributed by atoms with van der Waals surface area (Å²) in [4.78, 5) is 36.0. The maximum atomic E-state index is 12.5. The van der Waals surface area contributed by atoms with Crippen LogP contribution in [0.25, 0.3) is 11.6 Å². The predicted molar refractivity (Wildman–Crippen MR) is 212 cm³/mol. The van der Waals surface area contributed by atoms with E-state index >= 15 is 0 Å². The van der Waals surface area contributed by atoms with Gasteiger partial charge in [0.15, 0.2) is 0 Å². The summed E-state index contributed by atoms with van der Waals surface area (Å²) in [7, 11) is -1.26. The number of benzene rings is 2. The van der Waals surface area contributed by atoms with E-state index in [2.05, 4.69) is 42.8 Å². The lowest BCUT2D eigenvalue weighted by Gasteiger charge is -2.33. The van der Waals surface area contributed by atoms with Crippen molar-refractivity contribution in [3.8, 4) is 17.4 Å². The Labute approximate surface area is 320 Å². The number of likely N-dealkylation sites (tertiary alicyclic amines) is 1. The van der Waals surface area contributed by atoms with Crippen molar-refractivity contribution in [2.75, 3.05) is 32.9 Å². The average Bonchev–Trinajstić information content (AvgIpc) is 3.83. The first-order valence-corrected chi connectivity index (χ1v) is 23.1. The lowest BCUT2D eigenvalue weighted by atomic mass is 9.94. The van der Waals surface area contributed by atoms with Crippen LogP contribution < -0.4 is 9.47 Å². The fourth-order valence-electron chi connectivity index (χ4n) is 6.66. The number of piperidine rings is 1. The number of amides is 1. The molecule has 1 saturated carbocycles. The van der Waals surface area contributed by atoms with Gasteiger partial charge in [0.2, 0.25) is 5.88 Å². The minimum Gasteiger partial charge on any atom is -0.493 e. The van der Waals surface area contributed by atoms with Gasteiger partial charge in [-0.1, -0.05) is 49.4 Å². The number of fused-ring (bicyclic) bond motifs is 1. The van der Waals surface area contributed by atoms with Crippen molar-refractivity contribution in [1.82, 2.24) is 14.9 Å². The summed E-state index contributed by atoms with van der Waals surface area (Å²) < 4.78 is 24.4. The molecule has 9 nitrogen and oxygen atoms in total. The van der Waals surface area contributed by atoms with E-state index in [1.807, 2.05) is 45.0 Å². The first-order chi connectivity index (χ1) is 25.2. The number of hydrogen-bond acceptors (Lipinski definition) is 8. The summed E-state index contributed by atoms with van der Waals surface area (Å²) in [5.41, 5.74) is 4.14. The minimum atomic E-state index is -1.26.